The molecular formula is C28H30ClFN4. The fraction of sp³-hybridized carbons (Fsp3) is 0.286. The third-order valence-electron chi connectivity index (χ3n) is 6.15. The van der Waals surface area contributed by atoms with Gasteiger partial charge in [-0.3, -0.25) is 0 Å². The predicted molar refractivity (Wildman–Crippen MR) is 140 cm³/mol. The summed E-state index contributed by atoms with van der Waals surface area (Å²) in [4.78, 5) is 12.2. The first-order valence-electron chi connectivity index (χ1n) is 11.7. The smallest absolute Gasteiger partial charge is 0.205 e. The van der Waals surface area contributed by atoms with Crippen LogP contribution in [0.4, 0.5) is 15.8 Å². The first kappa shape index (κ1) is 24.0. The normalized spacial score (nSPS) is 17.1. The zero-order valence-electron chi connectivity index (χ0n) is 19.9. The predicted octanol–water partition coefficient (Wildman–Crippen LogP) is 7.33. The van der Waals surface area contributed by atoms with Gasteiger partial charge in [-0.25, -0.2) is 14.4 Å². The summed E-state index contributed by atoms with van der Waals surface area (Å²) in [5.74, 6) is 1.15. The minimum atomic E-state index is -0.285. The van der Waals surface area contributed by atoms with Crippen LogP contribution in [0.5, 0.6) is 0 Å². The molecule has 0 spiro atoms. The van der Waals surface area contributed by atoms with Gasteiger partial charge in [0.1, 0.15) is 11.7 Å². The van der Waals surface area contributed by atoms with Gasteiger partial charge in [0.2, 0.25) is 5.96 Å². The Morgan fingerprint density at radius 1 is 0.912 bits per heavy atom. The van der Waals surface area contributed by atoms with Crippen molar-refractivity contribution in [3.05, 3.63) is 94.3 Å². The summed E-state index contributed by atoms with van der Waals surface area (Å²) < 4.78 is 13.5. The molecule has 34 heavy (non-hydrogen) atoms. The van der Waals surface area contributed by atoms with Crippen molar-refractivity contribution in [2.45, 2.75) is 46.1 Å². The third kappa shape index (κ3) is 5.84. The summed E-state index contributed by atoms with van der Waals surface area (Å²) in [6.45, 7) is 7.29. The van der Waals surface area contributed by atoms with E-state index in [1.54, 1.807) is 12.1 Å². The highest BCUT2D eigenvalue weighted by molar-refractivity contribution is 6.30. The lowest BCUT2D eigenvalue weighted by molar-refractivity contribution is 0.253. The number of hydrogen-bond acceptors (Lipinski definition) is 2. The molecule has 0 saturated carbocycles. The largest absolute Gasteiger partial charge is 0.340 e. The number of piperidine rings is 1. The standard InChI is InChI=1S/C28H30ClFN4/c1-19-7-6-8-20(2)26(19)27(31-24-16-12-23(30)13-17-24)33-28(34-18-5-4-9-21(34)3)32-25-14-10-22(29)11-15-25/h6-8,10-17,21H,4-5,9,18H2,1-3H3,(H,31,32,33). The molecule has 1 N–H and O–H groups in total. The molecule has 1 unspecified atom stereocenters. The maximum Gasteiger partial charge on any atom is 0.205 e. The number of rotatable bonds is 3. The molecule has 1 heterocycles. The number of amidine groups is 1. The topological polar surface area (TPSA) is 40.0 Å². The van der Waals surface area contributed by atoms with Crippen LogP contribution in [0.3, 0.4) is 0 Å². The monoisotopic (exact) mass is 476 g/mol. The summed E-state index contributed by atoms with van der Waals surface area (Å²) in [5.41, 5.74) is 4.70. The molecule has 0 amide bonds. The van der Waals surface area contributed by atoms with Crippen molar-refractivity contribution in [1.82, 2.24) is 10.2 Å². The van der Waals surface area contributed by atoms with Crippen LogP contribution in [0.2, 0.25) is 5.02 Å². The Hall–Kier alpha value is -3.18. The van der Waals surface area contributed by atoms with Crippen molar-refractivity contribution in [2.75, 3.05) is 6.54 Å². The van der Waals surface area contributed by atoms with E-state index < -0.39 is 0 Å². The fourth-order valence-electron chi connectivity index (χ4n) is 4.30. The molecule has 1 atom stereocenters. The molecule has 4 rings (SSSR count). The quantitative estimate of drug-likeness (QED) is 0.317. The second-order valence-corrected chi connectivity index (χ2v) is 9.22. The number of benzene rings is 3. The van der Waals surface area contributed by atoms with E-state index in [4.69, 9.17) is 21.6 Å². The van der Waals surface area contributed by atoms with Crippen LogP contribution in [0.1, 0.15) is 42.9 Å². The highest BCUT2D eigenvalue weighted by Gasteiger charge is 2.24. The molecule has 6 heteroatoms. The number of aryl methyl sites for hydroxylation is 2. The maximum absolute atomic E-state index is 13.5. The molecule has 1 fully saturated rings. The maximum atomic E-state index is 13.5. The second kappa shape index (κ2) is 10.8. The van der Waals surface area contributed by atoms with Crippen LogP contribution in [0.15, 0.2) is 76.7 Å². The lowest BCUT2D eigenvalue weighted by Gasteiger charge is -2.36. The molecule has 4 nitrogen and oxygen atoms in total. The number of nitrogens with zero attached hydrogens (tertiary/aromatic N) is 3. The van der Waals surface area contributed by atoms with Gasteiger partial charge < -0.3 is 10.2 Å². The molecule has 176 valence electrons. The Bertz CT molecular complexity index is 1170. The summed E-state index contributed by atoms with van der Waals surface area (Å²) in [5, 5.41) is 4.25. The van der Waals surface area contributed by atoms with Crippen LogP contribution < -0.4 is 5.32 Å². The number of hydrogen-bond donors (Lipinski definition) is 1. The average molecular weight is 477 g/mol. The number of aliphatic imine (C=N–C) groups is 2. The summed E-state index contributed by atoms with van der Waals surface area (Å²) in [7, 11) is 0. The molecule has 0 aromatic heterocycles. The van der Waals surface area contributed by atoms with E-state index in [-0.39, 0.29) is 5.82 Å². The molecule has 0 bridgehead atoms. The van der Waals surface area contributed by atoms with Crippen LogP contribution >= 0.6 is 11.6 Å². The van der Waals surface area contributed by atoms with E-state index >= 15 is 0 Å². The van der Waals surface area contributed by atoms with Crippen LogP contribution in [0.25, 0.3) is 0 Å². The van der Waals surface area contributed by atoms with Crippen molar-refractivity contribution in [1.29, 1.82) is 0 Å². The Balaban J connectivity index is 1.82. The number of nitrogens with one attached hydrogen (secondary N) is 1. The summed E-state index contributed by atoms with van der Waals surface area (Å²) in [6, 6.07) is 20.3. The van der Waals surface area contributed by atoms with Gasteiger partial charge in [0, 0.05) is 23.2 Å². The van der Waals surface area contributed by atoms with E-state index in [1.165, 1.54) is 18.6 Å². The van der Waals surface area contributed by atoms with E-state index in [0.717, 1.165) is 47.7 Å². The zero-order chi connectivity index (χ0) is 24.1. The number of guanidine groups is 1. The number of halogens is 2. The van der Waals surface area contributed by atoms with Gasteiger partial charge in [-0.2, -0.15) is 0 Å². The molecule has 3 aromatic carbocycles. The molecule has 1 saturated heterocycles. The van der Waals surface area contributed by atoms with Crippen molar-refractivity contribution >= 4 is 34.8 Å². The summed E-state index contributed by atoms with van der Waals surface area (Å²) >= 11 is 6.10. The van der Waals surface area contributed by atoms with Crippen molar-refractivity contribution in [2.24, 2.45) is 9.98 Å². The molecule has 0 aliphatic carbocycles. The van der Waals surface area contributed by atoms with Crippen molar-refractivity contribution in [3.8, 4) is 0 Å². The Kier molecular flexibility index (Phi) is 7.63. The Morgan fingerprint density at radius 3 is 2.18 bits per heavy atom. The Morgan fingerprint density at radius 2 is 1.53 bits per heavy atom. The van der Waals surface area contributed by atoms with E-state index in [2.05, 4.69) is 43.1 Å². The van der Waals surface area contributed by atoms with Gasteiger partial charge in [-0.15, -0.1) is 0 Å². The average Bonchev–Trinajstić information content (AvgIpc) is 2.81. The SMILES string of the molecule is Cc1cccc(C)c1/C(=N\c1ccc(F)cc1)N/C(=N/c1ccc(Cl)cc1)N1CCCCC1C. The van der Waals surface area contributed by atoms with E-state index in [1.807, 2.05) is 30.3 Å². The Labute approximate surface area is 206 Å². The lowest BCUT2D eigenvalue weighted by Crippen LogP contribution is -2.50. The van der Waals surface area contributed by atoms with Gasteiger partial charge in [0.05, 0.1) is 11.4 Å². The fourth-order valence-corrected chi connectivity index (χ4v) is 4.43. The molecule has 1 aliphatic heterocycles. The second-order valence-electron chi connectivity index (χ2n) is 8.78. The molecule has 1 aliphatic rings. The highest BCUT2D eigenvalue weighted by atomic mass is 35.5. The number of likely N-dealkylation sites (tertiary alicyclic amines) is 1. The molecular weight excluding hydrogens is 447 g/mol. The third-order valence-corrected chi connectivity index (χ3v) is 6.40. The van der Waals surface area contributed by atoms with E-state index in [0.29, 0.717) is 22.6 Å². The highest BCUT2D eigenvalue weighted by Crippen LogP contribution is 2.23. The van der Waals surface area contributed by atoms with Gasteiger partial charge in [0.15, 0.2) is 0 Å². The summed E-state index contributed by atoms with van der Waals surface area (Å²) in [6.07, 6.45) is 3.42. The lowest BCUT2D eigenvalue weighted by atomic mass is 10.0. The first-order chi connectivity index (χ1) is 16.4. The van der Waals surface area contributed by atoms with Crippen molar-refractivity contribution in [3.63, 3.8) is 0 Å². The van der Waals surface area contributed by atoms with Gasteiger partial charge >= 0.3 is 0 Å². The van der Waals surface area contributed by atoms with Gasteiger partial charge in [-0.1, -0.05) is 29.8 Å². The van der Waals surface area contributed by atoms with E-state index in [9.17, 15) is 4.39 Å². The first-order valence-corrected chi connectivity index (χ1v) is 12.1. The van der Waals surface area contributed by atoms with Crippen LogP contribution in [0, 0.1) is 19.7 Å². The van der Waals surface area contributed by atoms with Gasteiger partial charge in [0.25, 0.3) is 0 Å². The molecule has 0 radical (unpaired) electrons. The zero-order valence-corrected chi connectivity index (χ0v) is 20.6. The minimum absolute atomic E-state index is 0.285. The van der Waals surface area contributed by atoms with Crippen molar-refractivity contribution < 1.29 is 4.39 Å². The van der Waals surface area contributed by atoms with Crippen LogP contribution in [-0.2, 0) is 0 Å². The minimum Gasteiger partial charge on any atom is -0.340 e. The van der Waals surface area contributed by atoms with Crippen LogP contribution in [-0.4, -0.2) is 29.3 Å². The van der Waals surface area contributed by atoms with Gasteiger partial charge in [-0.05, 0) is 99.7 Å². The molecule has 3 aromatic rings.